The van der Waals surface area contributed by atoms with Crippen LogP contribution >= 0.6 is 0 Å². The second-order valence-corrected chi connectivity index (χ2v) is 5.84. The number of hydrogen-bond donors (Lipinski definition) is 1. The molecule has 1 N–H and O–H groups in total. The minimum Gasteiger partial charge on any atom is -0.326 e. The summed E-state index contributed by atoms with van der Waals surface area (Å²) in [5.74, 6) is 0.290. The first-order valence-corrected chi connectivity index (χ1v) is 7.40. The van der Waals surface area contributed by atoms with Crippen LogP contribution in [0.25, 0.3) is 0 Å². The SMILES string of the molecule is Cc1cc(C)c(NC(=O)C[C@@H](C)c2ccccc2)c(C)c1. The second kappa shape index (κ2) is 6.57. The lowest BCUT2D eigenvalue weighted by Gasteiger charge is -2.15. The van der Waals surface area contributed by atoms with Gasteiger partial charge in [-0.15, -0.1) is 0 Å². The van der Waals surface area contributed by atoms with Crippen molar-refractivity contribution >= 4 is 11.6 Å². The van der Waals surface area contributed by atoms with E-state index in [1.165, 1.54) is 11.1 Å². The van der Waals surface area contributed by atoms with Crippen LogP contribution in [-0.4, -0.2) is 5.91 Å². The van der Waals surface area contributed by atoms with Crippen LogP contribution in [-0.2, 0) is 4.79 Å². The summed E-state index contributed by atoms with van der Waals surface area (Å²) >= 11 is 0. The van der Waals surface area contributed by atoms with Crippen molar-refractivity contribution in [2.24, 2.45) is 0 Å². The molecule has 2 nitrogen and oxygen atoms in total. The van der Waals surface area contributed by atoms with Gasteiger partial charge in [0.1, 0.15) is 0 Å². The molecule has 0 unspecified atom stereocenters. The maximum Gasteiger partial charge on any atom is 0.224 e. The summed E-state index contributed by atoms with van der Waals surface area (Å²) in [6.07, 6.45) is 0.497. The lowest BCUT2D eigenvalue weighted by molar-refractivity contribution is -0.116. The molecular weight excluding hydrogens is 258 g/mol. The molecule has 0 bridgehead atoms. The van der Waals surface area contributed by atoms with Crippen LogP contribution in [0.5, 0.6) is 0 Å². The van der Waals surface area contributed by atoms with Crippen LogP contribution in [0.4, 0.5) is 5.69 Å². The molecule has 1 atom stereocenters. The first kappa shape index (κ1) is 15.3. The van der Waals surface area contributed by atoms with Crippen molar-refractivity contribution in [2.75, 3.05) is 5.32 Å². The highest BCUT2D eigenvalue weighted by atomic mass is 16.1. The van der Waals surface area contributed by atoms with Gasteiger partial charge in [0.25, 0.3) is 0 Å². The molecule has 0 aliphatic heterocycles. The summed E-state index contributed by atoms with van der Waals surface area (Å²) in [5.41, 5.74) is 5.61. The Morgan fingerprint density at radius 3 is 2.19 bits per heavy atom. The number of carbonyl (C=O) groups excluding carboxylic acids is 1. The molecule has 0 aromatic heterocycles. The molecule has 110 valence electrons. The largest absolute Gasteiger partial charge is 0.326 e. The van der Waals surface area contributed by atoms with Gasteiger partial charge in [-0.3, -0.25) is 4.79 Å². The summed E-state index contributed by atoms with van der Waals surface area (Å²) < 4.78 is 0. The molecule has 2 rings (SSSR count). The third-order valence-electron chi connectivity index (χ3n) is 3.80. The molecule has 0 aliphatic rings. The minimum atomic E-state index is 0.0707. The van der Waals surface area contributed by atoms with Crippen molar-refractivity contribution in [1.29, 1.82) is 0 Å². The predicted octanol–water partition coefficient (Wildman–Crippen LogP) is 4.74. The van der Waals surface area contributed by atoms with Gasteiger partial charge in [0.2, 0.25) is 5.91 Å². The molecule has 21 heavy (non-hydrogen) atoms. The molecule has 0 spiro atoms. The molecule has 1 amide bonds. The third-order valence-corrected chi connectivity index (χ3v) is 3.80. The van der Waals surface area contributed by atoms with Crippen molar-refractivity contribution in [3.8, 4) is 0 Å². The third kappa shape index (κ3) is 3.94. The molecule has 2 heteroatoms. The monoisotopic (exact) mass is 281 g/mol. The Morgan fingerprint density at radius 1 is 1.05 bits per heavy atom. The highest BCUT2D eigenvalue weighted by Gasteiger charge is 2.13. The Kier molecular flexibility index (Phi) is 4.79. The van der Waals surface area contributed by atoms with Crippen LogP contribution < -0.4 is 5.32 Å². The lowest BCUT2D eigenvalue weighted by atomic mass is 9.97. The number of rotatable bonds is 4. The smallest absolute Gasteiger partial charge is 0.224 e. The van der Waals surface area contributed by atoms with E-state index in [0.29, 0.717) is 6.42 Å². The fraction of sp³-hybridized carbons (Fsp3) is 0.316. The summed E-state index contributed by atoms with van der Waals surface area (Å²) in [5, 5.41) is 3.07. The van der Waals surface area contributed by atoms with Gasteiger partial charge in [0.05, 0.1) is 0 Å². The fourth-order valence-corrected chi connectivity index (χ4v) is 2.75. The number of aryl methyl sites for hydroxylation is 3. The van der Waals surface area contributed by atoms with Crippen molar-refractivity contribution < 1.29 is 4.79 Å². The van der Waals surface area contributed by atoms with Crippen LogP contribution in [0, 0.1) is 20.8 Å². The highest BCUT2D eigenvalue weighted by molar-refractivity contribution is 5.92. The quantitative estimate of drug-likeness (QED) is 0.861. The minimum absolute atomic E-state index is 0.0707. The molecule has 0 saturated heterocycles. The van der Waals surface area contributed by atoms with E-state index < -0.39 is 0 Å². The highest BCUT2D eigenvalue weighted by Crippen LogP contribution is 2.24. The van der Waals surface area contributed by atoms with Crippen molar-refractivity contribution in [3.05, 3.63) is 64.7 Å². The Morgan fingerprint density at radius 2 is 1.62 bits per heavy atom. The average molecular weight is 281 g/mol. The van der Waals surface area contributed by atoms with Crippen LogP contribution in [0.3, 0.4) is 0 Å². The van der Waals surface area contributed by atoms with Crippen LogP contribution in [0.1, 0.15) is 41.5 Å². The summed E-state index contributed by atoms with van der Waals surface area (Å²) in [6.45, 7) is 8.24. The maximum absolute atomic E-state index is 12.3. The standard InChI is InChI=1S/C19H23NO/c1-13-10-15(3)19(16(4)11-13)20-18(21)12-14(2)17-8-6-5-7-9-17/h5-11,14H,12H2,1-4H3,(H,20,21)/t14-/m1/s1. The Hall–Kier alpha value is -2.09. The molecule has 0 saturated carbocycles. The summed E-state index contributed by atoms with van der Waals surface area (Å²) in [7, 11) is 0. The topological polar surface area (TPSA) is 29.1 Å². The number of amides is 1. The number of hydrogen-bond acceptors (Lipinski definition) is 1. The van der Waals surface area contributed by atoms with E-state index in [1.54, 1.807) is 0 Å². The van der Waals surface area contributed by atoms with E-state index in [0.717, 1.165) is 16.8 Å². The van der Waals surface area contributed by atoms with Crippen molar-refractivity contribution in [2.45, 2.75) is 40.0 Å². The van der Waals surface area contributed by atoms with Gasteiger partial charge in [0, 0.05) is 12.1 Å². The first-order valence-electron chi connectivity index (χ1n) is 7.40. The van der Waals surface area contributed by atoms with E-state index in [9.17, 15) is 4.79 Å². The van der Waals surface area contributed by atoms with E-state index >= 15 is 0 Å². The average Bonchev–Trinajstić information content (AvgIpc) is 2.43. The van der Waals surface area contributed by atoms with Crippen LogP contribution in [0.15, 0.2) is 42.5 Å². The maximum atomic E-state index is 12.3. The van der Waals surface area contributed by atoms with E-state index in [4.69, 9.17) is 0 Å². The molecule has 0 aliphatic carbocycles. The van der Waals surface area contributed by atoms with Gasteiger partial charge >= 0.3 is 0 Å². The second-order valence-electron chi connectivity index (χ2n) is 5.84. The van der Waals surface area contributed by atoms with Crippen LogP contribution in [0.2, 0.25) is 0 Å². The van der Waals surface area contributed by atoms with E-state index in [1.807, 2.05) is 32.0 Å². The van der Waals surface area contributed by atoms with Gasteiger partial charge < -0.3 is 5.32 Å². The Bertz CT molecular complexity index is 608. The summed E-state index contributed by atoms with van der Waals surface area (Å²) in [6, 6.07) is 14.4. The molecule has 0 radical (unpaired) electrons. The lowest BCUT2D eigenvalue weighted by Crippen LogP contribution is -2.16. The normalized spacial score (nSPS) is 12.0. The molecule has 2 aromatic carbocycles. The fourth-order valence-electron chi connectivity index (χ4n) is 2.75. The molecule has 0 heterocycles. The number of nitrogens with one attached hydrogen (secondary N) is 1. The zero-order valence-corrected chi connectivity index (χ0v) is 13.2. The summed E-state index contributed by atoms with van der Waals surface area (Å²) in [4.78, 5) is 12.3. The molecule has 0 fully saturated rings. The van der Waals surface area contributed by atoms with Crippen molar-refractivity contribution in [3.63, 3.8) is 0 Å². The van der Waals surface area contributed by atoms with Crippen molar-refractivity contribution in [1.82, 2.24) is 0 Å². The predicted molar refractivity (Wildman–Crippen MR) is 88.8 cm³/mol. The van der Waals surface area contributed by atoms with E-state index in [2.05, 4.69) is 43.4 Å². The molecule has 2 aromatic rings. The zero-order chi connectivity index (χ0) is 15.4. The van der Waals surface area contributed by atoms with Gasteiger partial charge in [-0.05, 0) is 43.4 Å². The van der Waals surface area contributed by atoms with Gasteiger partial charge in [-0.25, -0.2) is 0 Å². The number of benzene rings is 2. The molecular formula is C19H23NO. The Balaban J connectivity index is 2.06. The number of anilines is 1. The Labute approximate surface area is 127 Å². The van der Waals surface area contributed by atoms with Gasteiger partial charge in [0.15, 0.2) is 0 Å². The van der Waals surface area contributed by atoms with Gasteiger partial charge in [-0.1, -0.05) is 55.0 Å². The van der Waals surface area contributed by atoms with Gasteiger partial charge in [-0.2, -0.15) is 0 Å². The first-order chi connectivity index (χ1) is 9.97. The number of carbonyl (C=O) groups is 1. The zero-order valence-electron chi connectivity index (χ0n) is 13.2. The van der Waals surface area contributed by atoms with E-state index in [-0.39, 0.29) is 11.8 Å².